The number of nitrogens with one attached hydrogen (secondary N) is 1. The van der Waals surface area contributed by atoms with Gasteiger partial charge < -0.3 is 10.2 Å². The molecule has 0 fully saturated rings. The molecule has 2 heteroatoms. The number of rotatable bonds is 5. The fourth-order valence-electron chi connectivity index (χ4n) is 3.72. The smallest absolute Gasteiger partial charge is 0.0464 e. The summed E-state index contributed by atoms with van der Waals surface area (Å²) in [5.74, 6) is 0. The molecule has 0 aliphatic rings. The van der Waals surface area contributed by atoms with Crippen molar-refractivity contribution in [2.24, 2.45) is 0 Å². The number of hydrogen-bond donors (Lipinski definition) is 1. The standard InChI is InChI=1S/C29H30N2/c1-29(2,3)23-18-19-28(27(20-23)22-12-7-5-8-13-22)30-24-14-11-17-26(21-24)31(4)25-15-9-6-10-16-25/h5-21,30H,1-4H3. The van der Waals surface area contributed by atoms with Crippen LogP contribution < -0.4 is 10.2 Å². The van der Waals surface area contributed by atoms with E-state index in [2.05, 4.69) is 135 Å². The van der Waals surface area contributed by atoms with Crippen LogP contribution in [0.3, 0.4) is 0 Å². The fourth-order valence-corrected chi connectivity index (χ4v) is 3.72. The Hall–Kier alpha value is -3.52. The highest BCUT2D eigenvalue weighted by atomic mass is 15.1. The minimum Gasteiger partial charge on any atom is -0.355 e. The van der Waals surface area contributed by atoms with Gasteiger partial charge in [0.2, 0.25) is 0 Å². The zero-order valence-electron chi connectivity index (χ0n) is 18.8. The number of hydrogen-bond acceptors (Lipinski definition) is 2. The summed E-state index contributed by atoms with van der Waals surface area (Å²) in [4.78, 5) is 2.20. The van der Waals surface area contributed by atoms with Crippen molar-refractivity contribution < 1.29 is 0 Å². The van der Waals surface area contributed by atoms with E-state index in [9.17, 15) is 0 Å². The third-order valence-electron chi connectivity index (χ3n) is 5.63. The number of benzene rings is 4. The SMILES string of the molecule is CN(c1ccccc1)c1cccc(Nc2ccc(C(C)(C)C)cc2-c2ccccc2)c1. The molecule has 0 spiro atoms. The monoisotopic (exact) mass is 406 g/mol. The molecule has 1 N–H and O–H groups in total. The van der Waals surface area contributed by atoms with E-state index in [-0.39, 0.29) is 5.41 Å². The summed E-state index contributed by atoms with van der Waals surface area (Å²) < 4.78 is 0. The first-order valence-electron chi connectivity index (χ1n) is 10.8. The molecule has 0 atom stereocenters. The molecular formula is C29H30N2. The Morgan fingerprint density at radius 3 is 1.97 bits per heavy atom. The molecule has 0 heterocycles. The van der Waals surface area contributed by atoms with Crippen molar-refractivity contribution in [2.75, 3.05) is 17.3 Å². The van der Waals surface area contributed by atoms with E-state index in [1.807, 2.05) is 6.07 Å². The molecule has 2 nitrogen and oxygen atoms in total. The molecule has 0 unspecified atom stereocenters. The van der Waals surface area contributed by atoms with Crippen molar-refractivity contribution >= 4 is 22.7 Å². The Morgan fingerprint density at radius 1 is 0.645 bits per heavy atom. The lowest BCUT2D eigenvalue weighted by atomic mass is 9.85. The predicted octanol–water partition coefficient (Wildman–Crippen LogP) is 8.16. The van der Waals surface area contributed by atoms with Crippen LogP contribution in [0, 0.1) is 0 Å². The number of para-hydroxylation sites is 1. The second-order valence-corrected chi connectivity index (χ2v) is 8.95. The van der Waals surface area contributed by atoms with Crippen molar-refractivity contribution in [3.63, 3.8) is 0 Å². The van der Waals surface area contributed by atoms with Crippen molar-refractivity contribution in [3.8, 4) is 11.1 Å². The highest BCUT2D eigenvalue weighted by Crippen LogP contribution is 2.35. The highest BCUT2D eigenvalue weighted by molar-refractivity contribution is 5.82. The summed E-state index contributed by atoms with van der Waals surface area (Å²) in [5, 5.41) is 3.67. The van der Waals surface area contributed by atoms with Crippen molar-refractivity contribution in [3.05, 3.63) is 109 Å². The average molecular weight is 407 g/mol. The van der Waals surface area contributed by atoms with Crippen LogP contribution in [0.5, 0.6) is 0 Å². The maximum absolute atomic E-state index is 3.67. The van der Waals surface area contributed by atoms with Gasteiger partial charge in [-0.1, -0.05) is 81.4 Å². The average Bonchev–Trinajstić information content (AvgIpc) is 2.79. The van der Waals surface area contributed by atoms with E-state index < -0.39 is 0 Å². The molecule has 0 saturated carbocycles. The second kappa shape index (κ2) is 8.69. The van der Waals surface area contributed by atoms with Crippen LogP contribution in [0.15, 0.2) is 103 Å². The van der Waals surface area contributed by atoms with Crippen LogP contribution in [-0.2, 0) is 5.41 Å². The van der Waals surface area contributed by atoms with Crippen molar-refractivity contribution in [1.82, 2.24) is 0 Å². The molecule has 0 saturated heterocycles. The highest BCUT2D eigenvalue weighted by Gasteiger charge is 2.16. The fraction of sp³-hybridized carbons (Fsp3) is 0.172. The molecule has 156 valence electrons. The van der Waals surface area contributed by atoms with E-state index in [0.29, 0.717) is 0 Å². The van der Waals surface area contributed by atoms with Crippen LogP contribution in [0.25, 0.3) is 11.1 Å². The van der Waals surface area contributed by atoms with Crippen LogP contribution in [0.2, 0.25) is 0 Å². The molecule has 4 aromatic carbocycles. The first-order valence-corrected chi connectivity index (χ1v) is 10.8. The third kappa shape index (κ3) is 4.80. The summed E-state index contributed by atoms with van der Waals surface area (Å²) in [6.45, 7) is 6.77. The molecule has 31 heavy (non-hydrogen) atoms. The van der Waals surface area contributed by atoms with Gasteiger partial charge in [-0.3, -0.25) is 0 Å². The quantitative estimate of drug-likeness (QED) is 0.359. The Bertz CT molecular complexity index is 1140. The lowest BCUT2D eigenvalue weighted by Gasteiger charge is -2.23. The summed E-state index contributed by atoms with van der Waals surface area (Å²) >= 11 is 0. The molecule has 0 bridgehead atoms. The van der Waals surface area contributed by atoms with E-state index >= 15 is 0 Å². The third-order valence-corrected chi connectivity index (χ3v) is 5.63. The summed E-state index contributed by atoms with van der Waals surface area (Å²) in [6.07, 6.45) is 0. The van der Waals surface area contributed by atoms with Gasteiger partial charge in [-0.25, -0.2) is 0 Å². The van der Waals surface area contributed by atoms with Gasteiger partial charge in [0.15, 0.2) is 0 Å². The lowest BCUT2D eigenvalue weighted by Crippen LogP contribution is -2.11. The van der Waals surface area contributed by atoms with Crippen LogP contribution in [0.1, 0.15) is 26.3 Å². The van der Waals surface area contributed by atoms with Gasteiger partial charge in [0, 0.05) is 35.4 Å². The van der Waals surface area contributed by atoms with Gasteiger partial charge in [0.05, 0.1) is 0 Å². The van der Waals surface area contributed by atoms with Gasteiger partial charge >= 0.3 is 0 Å². The molecular weight excluding hydrogens is 376 g/mol. The topological polar surface area (TPSA) is 15.3 Å². The zero-order valence-corrected chi connectivity index (χ0v) is 18.8. The van der Waals surface area contributed by atoms with Gasteiger partial charge in [-0.15, -0.1) is 0 Å². The van der Waals surface area contributed by atoms with Gasteiger partial charge in [-0.05, 0) is 59.0 Å². The largest absolute Gasteiger partial charge is 0.355 e. The van der Waals surface area contributed by atoms with E-state index in [1.54, 1.807) is 0 Å². The summed E-state index contributed by atoms with van der Waals surface area (Å²) in [7, 11) is 2.10. The maximum atomic E-state index is 3.67. The molecule has 4 aromatic rings. The molecule has 0 aliphatic carbocycles. The molecule has 0 amide bonds. The van der Waals surface area contributed by atoms with E-state index in [0.717, 1.165) is 17.1 Å². The number of nitrogens with zero attached hydrogens (tertiary/aromatic N) is 1. The lowest BCUT2D eigenvalue weighted by molar-refractivity contribution is 0.590. The first-order chi connectivity index (χ1) is 14.9. The summed E-state index contributed by atoms with van der Waals surface area (Å²) in [6, 6.07) is 36.3. The Kier molecular flexibility index (Phi) is 5.81. The maximum Gasteiger partial charge on any atom is 0.0464 e. The zero-order chi connectivity index (χ0) is 21.8. The first kappa shape index (κ1) is 20.7. The number of anilines is 4. The Morgan fingerprint density at radius 2 is 1.29 bits per heavy atom. The van der Waals surface area contributed by atoms with Crippen molar-refractivity contribution in [1.29, 1.82) is 0 Å². The molecule has 0 radical (unpaired) electrons. The van der Waals surface area contributed by atoms with Crippen LogP contribution in [-0.4, -0.2) is 7.05 Å². The molecule has 0 aromatic heterocycles. The van der Waals surface area contributed by atoms with Crippen molar-refractivity contribution in [2.45, 2.75) is 26.2 Å². The second-order valence-electron chi connectivity index (χ2n) is 8.95. The van der Waals surface area contributed by atoms with Gasteiger partial charge in [0.1, 0.15) is 0 Å². The Balaban J connectivity index is 1.70. The normalized spacial score (nSPS) is 11.2. The van der Waals surface area contributed by atoms with Crippen LogP contribution >= 0.6 is 0 Å². The minimum atomic E-state index is 0.0976. The van der Waals surface area contributed by atoms with E-state index in [4.69, 9.17) is 0 Å². The Labute approximate surface area is 186 Å². The van der Waals surface area contributed by atoms with Gasteiger partial charge in [0.25, 0.3) is 0 Å². The predicted molar refractivity (Wildman–Crippen MR) is 135 cm³/mol. The molecule has 0 aliphatic heterocycles. The van der Waals surface area contributed by atoms with Gasteiger partial charge in [-0.2, -0.15) is 0 Å². The minimum absolute atomic E-state index is 0.0976. The summed E-state index contributed by atoms with van der Waals surface area (Å²) in [5.41, 5.74) is 8.35. The molecule has 4 rings (SSSR count). The van der Waals surface area contributed by atoms with Crippen LogP contribution in [0.4, 0.5) is 22.7 Å². The van der Waals surface area contributed by atoms with E-state index in [1.165, 1.54) is 22.4 Å².